The van der Waals surface area contributed by atoms with E-state index in [-0.39, 0.29) is 0 Å². The van der Waals surface area contributed by atoms with Crippen molar-refractivity contribution in [1.29, 1.82) is 0 Å². The fraction of sp³-hybridized carbons (Fsp3) is 0.333. The van der Waals surface area contributed by atoms with Gasteiger partial charge in [0.15, 0.2) is 9.84 Å². The Morgan fingerprint density at radius 2 is 2.10 bits per heavy atom. The van der Waals surface area contributed by atoms with E-state index in [1.165, 1.54) is 0 Å². The lowest BCUT2D eigenvalue weighted by Crippen LogP contribution is -2.08. The summed E-state index contributed by atoms with van der Waals surface area (Å²) in [7, 11) is -3.24. The second-order valence-corrected chi connectivity index (χ2v) is 4.12. The molecule has 0 aromatic carbocycles. The average Bonchev–Trinajstić information content (AvgIpc) is 1.59. The molecule has 0 radical (unpaired) electrons. The Balaban J connectivity index is 3.92. The molecule has 0 aromatic heterocycles. The first-order chi connectivity index (χ1) is 4.42. The Kier molecular flexibility index (Phi) is 3.54. The van der Waals surface area contributed by atoms with Crippen LogP contribution in [0.2, 0.25) is 0 Å². The second-order valence-electron chi connectivity index (χ2n) is 1.48. The number of hydrogen-bond donors (Lipinski definition) is 1. The van der Waals surface area contributed by atoms with Crippen LogP contribution in [0.15, 0.2) is 11.6 Å². The van der Waals surface area contributed by atoms with Gasteiger partial charge in [-0.05, 0) is 0 Å². The summed E-state index contributed by atoms with van der Waals surface area (Å²) in [6, 6.07) is 0. The van der Waals surface area contributed by atoms with Gasteiger partial charge in [0.1, 0.15) is 0 Å². The van der Waals surface area contributed by atoms with Crippen LogP contribution in [0, 0.1) is 0 Å². The van der Waals surface area contributed by atoms with Gasteiger partial charge < -0.3 is 9.27 Å². The summed E-state index contributed by atoms with van der Waals surface area (Å²) in [5, 5.41) is 0.753. The molecule has 0 aliphatic heterocycles. The summed E-state index contributed by atoms with van der Waals surface area (Å²) in [6.45, 7) is 0. The number of hydrogen-bond acceptors (Lipinski definition) is 4. The topological polar surface area (TPSA) is 86.3 Å². The molecule has 0 aromatic rings. The molecule has 0 saturated heterocycles. The molecule has 7 heteroatoms. The maximum Gasteiger partial charge on any atom is 0.170 e. The molecule has 0 fully saturated rings. The van der Waals surface area contributed by atoms with Crippen molar-refractivity contribution in [3.63, 3.8) is 0 Å². The van der Waals surface area contributed by atoms with Crippen LogP contribution in [0.4, 0.5) is 0 Å². The van der Waals surface area contributed by atoms with E-state index in [4.69, 9.17) is 0 Å². The van der Waals surface area contributed by atoms with E-state index in [9.17, 15) is 17.2 Å². The highest BCUT2D eigenvalue weighted by Crippen LogP contribution is 1.82. The molecule has 0 rings (SSSR count). The Morgan fingerprint density at radius 1 is 1.60 bits per heavy atom. The van der Waals surface area contributed by atoms with Crippen LogP contribution >= 0.6 is 0 Å². The van der Waals surface area contributed by atoms with Crippen molar-refractivity contribution in [2.75, 3.05) is 6.26 Å². The van der Waals surface area contributed by atoms with Gasteiger partial charge in [-0.1, -0.05) is 0 Å². The van der Waals surface area contributed by atoms with Crippen molar-refractivity contribution in [2.24, 2.45) is 0 Å². The van der Waals surface area contributed by atoms with Crippen LogP contribution in [0.1, 0.15) is 0 Å². The number of sulfone groups is 1. The lowest BCUT2D eigenvalue weighted by atomic mass is 11.1. The van der Waals surface area contributed by atoms with Crippen LogP contribution in [0.5, 0.6) is 0 Å². The average molecular weight is 184 g/mol. The first-order valence-corrected chi connectivity index (χ1v) is 5.17. The quantitative estimate of drug-likeness (QED) is 0.563. The highest BCUT2D eigenvalue weighted by molar-refractivity contribution is 7.93. The SMILES string of the molecule is CS(=O)(=O)C=CNS(=O)[O-]. The van der Waals surface area contributed by atoms with Gasteiger partial charge in [0.2, 0.25) is 0 Å². The third kappa shape index (κ3) is 7.60. The van der Waals surface area contributed by atoms with Crippen LogP contribution < -0.4 is 4.72 Å². The summed E-state index contributed by atoms with van der Waals surface area (Å²) in [4.78, 5) is 0. The van der Waals surface area contributed by atoms with E-state index < -0.39 is 21.1 Å². The molecule has 10 heavy (non-hydrogen) atoms. The molecule has 5 nitrogen and oxygen atoms in total. The third-order valence-electron chi connectivity index (χ3n) is 0.480. The third-order valence-corrected chi connectivity index (χ3v) is 1.44. The lowest BCUT2D eigenvalue weighted by molar-refractivity contribution is 0.531. The largest absolute Gasteiger partial charge is 0.755 e. The summed E-state index contributed by atoms with van der Waals surface area (Å²) in [6.07, 6.45) is 1.79. The fourth-order valence-corrected chi connectivity index (χ4v) is 0.787. The van der Waals surface area contributed by atoms with Crippen LogP contribution in [0.25, 0.3) is 0 Å². The normalized spacial score (nSPS) is 15.4. The van der Waals surface area contributed by atoms with Crippen molar-refractivity contribution < 1.29 is 17.2 Å². The van der Waals surface area contributed by atoms with E-state index in [0.29, 0.717) is 0 Å². The van der Waals surface area contributed by atoms with Gasteiger partial charge in [0, 0.05) is 29.1 Å². The molecule has 0 bridgehead atoms. The molecule has 1 N–H and O–H groups in total. The van der Waals surface area contributed by atoms with Gasteiger partial charge in [-0.25, -0.2) is 8.42 Å². The summed E-state index contributed by atoms with van der Waals surface area (Å²) >= 11 is -2.45. The Bertz CT molecular complexity index is 241. The summed E-state index contributed by atoms with van der Waals surface area (Å²) in [5.41, 5.74) is 0. The minimum Gasteiger partial charge on any atom is -0.755 e. The lowest BCUT2D eigenvalue weighted by Gasteiger charge is -2.00. The molecule has 0 saturated carbocycles. The van der Waals surface area contributed by atoms with E-state index in [2.05, 4.69) is 0 Å². The van der Waals surface area contributed by atoms with Crippen LogP contribution in [0.3, 0.4) is 0 Å². The Labute approximate surface area is 61.5 Å². The molecule has 60 valence electrons. The predicted octanol–water partition coefficient (Wildman–Crippen LogP) is -1.11. The zero-order valence-electron chi connectivity index (χ0n) is 5.10. The van der Waals surface area contributed by atoms with Gasteiger partial charge in [-0.2, -0.15) is 0 Å². The van der Waals surface area contributed by atoms with Gasteiger partial charge in [-0.3, -0.25) is 4.21 Å². The van der Waals surface area contributed by atoms with E-state index >= 15 is 0 Å². The molecule has 0 heterocycles. The van der Waals surface area contributed by atoms with Crippen molar-refractivity contribution in [3.8, 4) is 0 Å². The highest BCUT2D eigenvalue weighted by atomic mass is 32.2. The monoisotopic (exact) mass is 184 g/mol. The standard InChI is InChI=1S/C3H7NO4S2/c1-10(7,8)3-2-4-9(5)6/h2-4H,1H3,(H,5,6)/p-1. The summed E-state index contributed by atoms with van der Waals surface area (Å²) < 4.78 is 41.8. The minimum atomic E-state index is -3.24. The van der Waals surface area contributed by atoms with Gasteiger partial charge in [0.25, 0.3) is 0 Å². The first kappa shape index (κ1) is 9.60. The van der Waals surface area contributed by atoms with Gasteiger partial charge in [0.05, 0.1) is 0 Å². The maximum atomic E-state index is 10.3. The molecule has 0 aliphatic carbocycles. The molecular weight excluding hydrogens is 178 g/mol. The molecule has 0 spiro atoms. The van der Waals surface area contributed by atoms with Crippen molar-refractivity contribution >= 4 is 21.1 Å². The zero-order chi connectivity index (χ0) is 8.20. The van der Waals surface area contributed by atoms with Crippen LogP contribution in [-0.2, 0) is 21.1 Å². The number of nitrogens with one attached hydrogen (secondary N) is 1. The zero-order valence-corrected chi connectivity index (χ0v) is 6.74. The second kappa shape index (κ2) is 3.69. The van der Waals surface area contributed by atoms with Crippen molar-refractivity contribution in [3.05, 3.63) is 11.6 Å². The van der Waals surface area contributed by atoms with Gasteiger partial charge >= 0.3 is 0 Å². The highest BCUT2D eigenvalue weighted by Gasteiger charge is 1.90. The van der Waals surface area contributed by atoms with E-state index in [1.54, 1.807) is 4.72 Å². The summed E-state index contributed by atoms with van der Waals surface area (Å²) in [5.74, 6) is 0. The smallest absolute Gasteiger partial charge is 0.170 e. The molecule has 0 aliphatic rings. The molecular formula is C3H6NO4S2-. The molecule has 0 amide bonds. The van der Waals surface area contributed by atoms with E-state index in [0.717, 1.165) is 17.9 Å². The maximum absolute atomic E-state index is 10.3. The van der Waals surface area contributed by atoms with Gasteiger partial charge in [-0.15, -0.1) is 0 Å². The van der Waals surface area contributed by atoms with Crippen molar-refractivity contribution in [2.45, 2.75) is 0 Å². The van der Waals surface area contributed by atoms with E-state index in [1.807, 2.05) is 0 Å². The minimum absolute atomic E-state index is 0.753. The van der Waals surface area contributed by atoms with Crippen molar-refractivity contribution in [1.82, 2.24) is 4.72 Å². The molecule has 1 atom stereocenters. The Morgan fingerprint density at radius 3 is 2.40 bits per heavy atom. The molecule has 1 unspecified atom stereocenters. The predicted molar refractivity (Wildman–Crippen MR) is 36.0 cm³/mol. The number of rotatable bonds is 3. The Hall–Kier alpha value is -0.400. The van der Waals surface area contributed by atoms with Crippen LogP contribution in [-0.4, -0.2) is 23.4 Å². The fourth-order valence-electron chi connectivity index (χ4n) is 0.207. The first-order valence-electron chi connectivity index (χ1n) is 2.14.